The molecule has 1 aromatic carbocycles. The first kappa shape index (κ1) is 13.5. The van der Waals surface area contributed by atoms with Crippen molar-refractivity contribution in [1.29, 1.82) is 0 Å². The molecule has 0 aliphatic rings. The standard InChI is InChI=1S/C12H15ClN6/c1-19(6-8-4-2-3-5-9(8)13)7-10-16-11(14)18-12(15)17-10/h2-5H,6-7H2,1H3,(H4,14,15,16,17,18)/p+1. The molecule has 1 unspecified atom stereocenters. The average molecular weight is 280 g/mol. The van der Waals surface area contributed by atoms with Crippen LogP contribution in [-0.4, -0.2) is 22.0 Å². The third kappa shape index (κ3) is 3.77. The highest BCUT2D eigenvalue weighted by Gasteiger charge is 2.11. The van der Waals surface area contributed by atoms with Crippen molar-refractivity contribution in [3.05, 3.63) is 40.7 Å². The molecule has 0 spiro atoms. The first-order chi connectivity index (χ1) is 9.04. The summed E-state index contributed by atoms with van der Waals surface area (Å²) in [7, 11) is 2.03. The molecule has 7 heteroatoms. The number of quaternary nitrogens is 1. The molecule has 2 rings (SSSR count). The molecular weight excluding hydrogens is 264 g/mol. The third-order valence-corrected chi connectivity index (χ3v) is 2.99. The van der Waals surface area contributed by atoms with E-state index in [1.165, 1.54) is 4.90 Å². The van der Waals surface area contributed by atoms with Gasteiger partial charge in [-0.15, -0.1) is 0 Å². The van der Waals surface area contributed by atoms with Crippen molar-refractivity contribution in [2.75, 3.05) is 18.5 Å². The Balaban J connectivity index is 2.05. The Labute approximate surface area is 116 Å². The molecule has 5 N–H and O–H groups in total. The van der Waals surface area contributed by atoms with Crippen molar-refractivity contribution in [3.8, 4) is 0 Å². The Bertz CT molecular complexity index is 554. The number of benzene rings is 1. The highest BCUT2D eigenvalue weighted by molar-refractivity contribution is 6.31. The van der Waals surface area contributed by atoms with Crippen molar-refractivity contribution in [2.45, 2.75) is 13.1 Å². The van der Waals surface area contributed by atoms with Gasteiger partial charge in [0, 0.05) is 10.6 Å². The minimum Gasteiger partial charge on any atom is -0.368 e. The second-order valence-electron chi connectivity index (χ2n) is 4.37. The highest BCUT2D eigenvalue weighted by Crippen LogP contribution is 2.13. The monoisotopic (exact) mass is 279 g/mol. The lowest BCUT2D eigenvalue weighted by Gasteiger charge is -2.14. The zero-order chi connectivity index (χ0) is 13.8. The van der Waals surface area contributed by atoms with Crippen LogP contribution < -0.4 is 16.4 Å². The van der Waals surface area contributed by atoms with Crippen molar-refractivity contribution >= 4 is 23.5 Å². The predicted octanol–water partition coefficient (Wildman–Crippen LogP) is -0.0957. The van der Waals surface area contributed by atoms with Crippen molar-refractivity contribution in [1.82, 2.24) is 15.0 Å². The summed E-state index contributed by atoms with van der Waals surface area (Å²) in [6, 6.07) is 7.76. The van der Waals surface area contributed by atoms with E-state index >= 15 is 0 Å². The molecule has 0 aliphatic carbocycles. The molecule has 100 valence electrons. The van der Waals surface area contributed by atoms with E-state index in [-0.39, 0.29) is 11.9 Å². The fourth-order valence-electron chi connectivity index (χ4n) is 1.84. The molecule has 2 aromatic rings. The number of hydrogen-bond donors (Lipinski definition) is 3. The molecule has 0 aliphatic heterocycles. The summed E-state index contributed by atoms with van der Waals surface area (Å²) in [5, 5.41) is 0.761. The van der Waals surface area contributed by atoms with E-state index in [1.54, 1.807) is 0 Å². The summed E-state index contributed by atoms with van der Waals surface area (Å²) >= 11 is 6.13. The lowest BCUT2D eigenvalue weighted by molar-refractivity contribution is -0.908. The van der Waals surface area contributed by atoms with Crippen LogP contribution in [0.4, 0.5) is 11.9 Å². The Morgan fingerprint density at radius 2 is 1.68 bits per heavy atom. The van der Waals surface area contributed by atoms with Gasteiger partial charge in [0.25, 0.3) is 0 Å². The number of hydrogen-bond acceptors (Lipinski definition) is 5. The molecule has 0 radical (unpaired) electrons. The minimum absolute atomic E-state index is 0.146. The number of nitrogens with two attached hydrogens (primary N) is 2. The second kappa shape index (κ2) is 5.81. The Kier molecular flexibility index (Phi) is 4.13. The summed E-state index contributed by atoms with van der Waals surface area (Å²) in [6.45, 7) is 1.37. The van der Waals surface area contributed by atoms with Crippen LogP contribution in [0.2, 0.25) is 5.02 Å². The van der Waals surface area contributed by atoms with Gasteiger partial charge in [0.05, 0.1) is 7.05 Å². The number of nitrogen functional groups attached to an aromatic ring is 2. The lowest BCUT2D eigenvalue weighted by Crippen LogP contribution is -3.06. The quantitative estimate of drug-likeness (QED) is 0.727. The van der Waals surface area contributed by atoms with Gasteiger partial charge in [-0.3, -0.25) is 0 Å². The van der Waals surface area contributed by atoms with Crippen LogP contribution in [0.1, 0.15) is 11.4 Å². The molecule has 0 saturated carbocycles. The van der Waals surface area contributed by atoms with Crippen molar-refractivity contribution in [3.63, 3.8) is 0 Å². The average Bonchev–Trinajstić information content (AvgIpc) is 2.30. The van der Waals surface area contributed by atoms with Gasteiger partial charge in [0.2, 0.25) is 11.9 Å². The molecule has 0 saturated heterocycles. The fourth-order valence-corrected chi connectivity index (χ4v) is 2.04. The van der Waals surface area contributed by atoms with Crippen LogP contribution in [0.15, 0.2) is 24.3 Å². The second-order valence-corrected chi connectivity index (χ2v) is 4.78. The van der Waals surface area contributed by atoms with Gasteiger partial charge in [0.1, 0.15) is 13.1 Å². The zero-order valence-electron chi connectivity index (χ0n) is 10.6. The topological polar surface area (TPSA) is 95.2 Å². The van der Waals surface area contributed by atoms with Gasteiger partial charge in [0.15, 0.2) is 5.82 Å². The summed E-state index contributed by atoms with van der Waals surface area (Å²) in [5.74, 6) is 0.871. The number of halogens is 1. The van der Waals surface area contributed by atoms with Crippen LogP contribution in [0.5, 0.6) is 0 Å². The molecule has 1 heterocycles. The Morgan fingerprint density at radius 3 is 2.32 bits per heavy atom. The number of nitrogens with one attached hydrogen (secondary N) is 1. The summed E-state index contributed by atoms with van der Waals surface area (Å²) in [5.41, 5.74) is 12.2. The fraction of sp³-hybridized carbons (Fsp3) is 0.250. The molecular formula is C12H16ClN6+. The highest BCUT2D eigenvalue weighted by atomic mass is 35.5. The van der Waals surface area contributed by atoms with Crippen LogP contribution in [-0.2, 0) is 13.1 Å². The molecule has 6 nitrogen and oxygen atoms in total. The van der Waals surface area contributed by atoms with Gasteiger partial charge in [-0.2, -0.15) is 15.0 Å². The first-order valence-electron chi connectivity index (χ1n) is 5.85. The van der Waals surface area contributed by atoms with E-state index in [9.17, 15) is 0 Å². The zero-order valence-corrected chi connectivity index (χ0v) is 11.4. The van der Waals surface area contributed by atoms with Crippen molar-refractivity contribution < 1.29 is 4.90 Å². The van der Waals surface area contributed by atoms with E-state index in [0.29, 0.717) is 12.4 Å². The van der Waals surface area contributed by atoms with Crippen molar-refractivity contribution in [2.24, 2.45) is 0 Å². The van der Waals surface area contributed by atoms with Crippen LogP contribution >= 0.6 is 11.6 Å². The number of rotatable bonds is 4. The molecule has 1 aromatic heterocycles. The van der Waals surface area contributed by atoms with Gasteiger partial charge < -0.3 is 16.4 Å². The van der Waals surface area contributed by atoms with E-state index in [1.807, 2.05) is 31.3 Å². The normalized spacial score (nSPS) is 12.3. The smallest absolute Gasteiger partial charge is 0.225 e. The van der Waals surface area contributed by atoms with Gasteiger partial charge in [-0.25, -0.2) is 0 Å². The van der Waals surface area contributed by atoms with E-state index in [0.717, 1.165) is 17.1 Å². The molecule has 0 bridgehead atoms. The number of aromatic nitrogens is 3. The number of anilines is 2. The maximum absolute atomic E-state index is 6.13. The van der Waals surface area contributed by atoms with Crippen LogP contribution in [0.3, 0.4) is 0 Å². The largest absolute Gasteiger partial charge is 0.368 e. The predicted molar refractivity (Wildman–Crippen MR) is 74.4 cm³/mol. The van der Waals surface area contributed by atoms with Gasteiger partial charge in [-0.05, 0) is 6.07 Å². The molecule has 0 fully saturated rings. The summed E-state index contributed by atoms with van der Waals surface area (Å²) in [6.07, 6.45) is 0. The van der Waals surface area contributed by atoms with E-state index < -0.39 is 0 Å². The molecule has 0 amide bonds. The Hall–Kier alpha value is -1.92. The minimum atomic E-state index is 0.146. The van der Waals surface area contributed by atoms with E-state index in [2.05, 4.69) is 15.0 Å². The Morgan fingerprint density at radius 1 is 1.05 bits per heavy atom. The van der Waals surface area contributed by atoms with Crippen LogP contribution in [0, 0.1) is 0 Å². The SMILES string of the molecule is C[NH+](Cc1nc(N)nc(N)n1)Cc1ccccc1Cl. The maximum atomic E-state index is 6.13. The first-order valence-corrected chi connectivity index (χ1v) is 6.23. The van der Waals surface area contributed by atoms with Gasteiger partial charge in [-0.1, -0.05) is 29.8 Å². The van der Waals surface area contributed by atoms with E-state index in [4.69, 9.17) is 23.1 Å². The third-order valence-electron chi connectivity index (χ3n) is 2.63. The number of nitrogens with zero attached hydrogens (tertiary/aromatic N) is 3. The molecule has 19 heavy (non-hydrogen) atoms. The summed E-state index contributed by atoms with van der Waals surface area (Å²) in [4.78, 5) is 13.0. The van der Waals surface area contributed by atoms with Crippen LogP contribution in [0.25, 0.3) is 0 Å². The molecule has 1 atom stereocenters. The maximum Gasteiger partial charge on any atom is 0.225 e. The lowest BCUT2D eigenvalue weighted by atomic mass is 10.2. The van der Waals surface area contributed by atoms with Gasteiger partial charge >= 0.3 is 0 Å². The summed E-state index contributed by atoms with van der Waals surface area (Å²) < 4.78 is 0.